The van der Waals surface area contributed by atoms with E-state index in [9.17, 15) is 14.4 Å². The summed E-state index contributed by atoms with van der Waals surface area (Å²) in [6.45, 7) is 4.02. The number of nitrogens with zero attached hydrogens (tertiary/aromatic N) is 1. The number of nitrogens with one attached hydrogen (secondary N) is 1. The van der Waals surface area contributed by atoms with E-state index < -0.39 is 17.4 Å². The predicted molar refractivity (Wildman–Crippen MR) is 56.3 cm³/mol. The Hall–Kier alpha value is -1.65. The van der Waals surface area contributed by atoms with Crippen LogP contribution in [-0.2, 0) is 9.59 Å². The van der Waals surface area contributed by atoms with E-state index in [1.165, 1.54) is 0 Å². The molecule has 5 nitrogen and oxygen atoms in total. The topological polar surface area (TPSA) is 66.5 Å². The molecule has 1 spiro atoms. The van der Waals surface area contributed by atoms with Crippen molar-refractivity contribution in [1.29, 1.82) is 0 Å². The number of imide groups is 2. The van der Waals surface area contributed by atoms with E-state index >= 15 is 0 Å². The van der Waals surface area contributed by atoms with Gasteiger partial charge in [-0.15, -0.1) is 0 Å². The van der Waals surface area contributed by atoms with Crippen LogP contribution in [-0.4, -0.2) is 29.3 Å². The Kier molecular flexibility index (Phi) is 2.33. The first-order valence-electron chi connectivity index (χ1n) is 5.28. The van der Waals surface area contributed by atoms with Crippen LogP contribution in [0.1, 0.15) is 26.7 Å². The molecule has 0 atom stereocenters. The fraction of sp³-hybridized carbons (Fsp3) is 0.545. The third-order valence-electron chi connectivity index (χ3n) is 2.99. The van der Waals surface area contributed by atoms with Gasteiger partial charge in [-0.25, -0.2) is 4.79 Å². The van der Waals surface area contributed by atoms with Crippen LogP contribution in [0.25, 0.3) is 0 Å². The van der Waals surface area contributed by atoms with E-state index in [4.69, 9.17) is 0 Å². The van der Waals surface area contributed by atoms with Crippen molar-refractivity contribution >= 4 is 17.8 Å². The number of barbiturate groups is 1. The van der Waals surface area contributed by atoms with E-state index in [0.29, 0.717) is 12.8 Å². The molecule has 0 aromatic rings. The largest absolute Gasteiger partial charge is 0.331 e. The Morgan fingerprint density at radius 2 is 2.00 bits per heavy atom. The molecule has 1 saturated carbocycles. The molecule has 0 unspecified atom stereocenters. The zero-order valence-electron chi connectivity index (χ0n) is 9.37. The van der Waals surface area contributed by atoms with Crippen LogP contribution in [0.15, 0.2) is 11.6 Å². The van der Waals surface area contributed by atoms with Gasteiger partial charge in [0.05, 0.1) is 0 Å². The Balaban J connectivity index is 2.19. The summed E-state index contributed by atoms with van der Waals surface area (Å²) in [5.74, 6) is -0.783. The summed E-state index contributed by atoms with van der Waals surface area (Å²) >= 11 is 0. The van der Waals surface area contributed by atoms with Crippen molar-refractivity contribution in [2.24, 2.45) is 5.41 Å². The number of rotatable bonds is 2. The number of urea groups is 1. The standard InChI is InChI=1S/C11H14N2O3/c1-7(2)3-6-13-9(15)11(4-5-11)8(14)12-10(13)16/h3H,4-6H2,1-2H3,(H,12,14,16). The van der Waals surface area contributed by atoms with Gasteiger partial charge in [0.15, 0.2) is 0 Å². The van der Waals surface area contributed by atoms with E-state index in [1.807, 2.05) is 13.8 Å². The molecular formula is C11H14N2O3. The van der Waals surface area contributed by atoms with Crippen molar-refractivity contribution in [1.82, 2.24) is 10.2 Å². The molecule has 1 heterocycles. The molecule has 4 amide bonds. The molecule has 86 valence electrons. The Morgan fingerprint density at radius 3 is 2.50 bits per heavy atom. The molecule has 2 fully saturated rings. The van der Waals surface area contributed by atoms with Gasteiger partial charge in [-0.3, -0.25) is 19.8 Å². The highest BCUT2D eigenvalue weighted by Crippen LogP contribution is 2.48. The van der Waals surface area contributed by atoms with Gasteiger partial charge in [0.25, 0.3) is 0 Å². The maximum absolute atomic E-state index is 12.0. The molecule has 2 rings (SSSR count). The molecular weight excluding hydrogens is 208 g/mol. The first-order valence-corrected chi connectivity index (χ1v) is 5.28. The monoisotopic (exact) mass is 222 g/mol. The summed E-state index contributed by atoms with van der Waals surface area (Å²) in [5, 5.41) is 2.23. The second-order valence-electron chi connectivity index (χ2n) is 4.54. The summed E-state index contributed by atoms with van der Waals surface area (Å²) in [4.78, 5) is 36.0. The van der Waals surface area contributed by atoms with Crippen molar-refractivity contribution < 1.29 is 14.4 Å². The molecule has 5 heteroatoms. The SMILES string of the molecule is CC(C)=CCN1C(=O)NC(=O)C2(CC2)C1=O. The number of hydrogen-bond donors (Lipinski definition) is 1. The molecule has 16 heavy (non-hydrogen) atoms. The number of allylic oxidation sites excluding steroid dienone is 1. The average molecular weight is 222 g/mol. The molecule has 0 radical (unpaired) electrons. The van der Waals surface area contributed by atoms with Crippen molar-refractivity contribution in [3.8, 4) is 0 Å². The third kappa shape index (κ3) is 1.52. The van der Waals surface area contributed by atoms with Crippen LogP contribution in [0.4, 0.5) is 4.79 Å². The zero-order chi connectivity index (χ0) is 11.9. The van der Waals surface area contributed by atoms with Crippen LogP contribution >= 0.6 is 0 Å². The third-order valence-corrected chi connectivity index (χ3v) is 2.99. The number of amides is 4. The molecule has 1 aliphatic heterocycles. The number of carbonyl (C=O) groups excluding carboxylic acids is 3. The lowest BCUT2D eigenvalue weighted by molar-refractivity contribution is -0.144. The van der Waals surface area contributed by atoms with Crippen LogP contribution in [0.5, 0.6) is 0 Å². The Morgan fingerprint density at radius 1 is 1.38 bits per heavy atom. The lowest BCUT2D eigenvalue weighted by Gasteiger charge is -2.29. The molecule has 1 saturated heterocycles. The van der Waals surface area contributed by atoms with Crippen molar-refractivity contribution in [3.05, 3.63) is 11.6 Å². The van der Waals surface area contributed by atoms with Gasteiger partial charge in [0.2, 0.25) is 11.8 Å². The fourth-order valence-electron chi connectivity index (χ4n) is 1.74. The van der Waals surface area contributed by atoms with Crippen LogP contribution < -0.4 is 5.32 Å². The highest BCUT2D eigenvalue weighted by Gasteiger charge is 2.61. The molecule has 2 aliphatic rings. The lowest BCUT2D eigenvalue weighted by atomic mass is 10.0. The zero-order valence-corrected chi connectivity index (χ0v) is 9.37. The lowest BCUT2D eigenvalue weighted by Crippen LogP contribution is -2.59. The van der Waals surface area contributed by atoms with Gasteiger partial charge in [-0.2, -0.15) is 0 Å². The highest BCUT2D eigenvalue weighted by atomic mass is 16.2. The smallest absolute Gasteiger partial charge is 0.277 e. The molecule has 0 aromatic carbocycles. The van der Waals surface area contributed by atoms with E-state index in [0.717, 1.165) is 10.5 Å². The summed E-state index contributed by atoms with van der Waals surface area (Å²) in [6.07, 6.45) is 2.90. The summed E-state index contributed by atoms with van der Waals surface area (Å²) in [6, 6.07) is -0.606. The second kappa shape index (κ2) is 3.43. The van der Waals surface area contributed by atoms with Gasteiger partial charge in [0.1, 0.15) is 5.41 Å². The Bertz CT molecular complexity index is 403. The summed E-state index contributed by atoms with van der Waals surface area (Å²) in [7, 11) is 0. The van der Waals surface area contributed by atoms with E-state index in [1.54, 1.807) is 6.08 Å². The van der Waals surface area contributed by atoms with Gasteiger partial charge >= 0.3 is 6.03 Å². The molecule has 0 aromatic heterocycles. The molecule has 1 aliphatic carbocycles. The number of hydrogen-bond acceptors (Lipinski definition) is 3. The minimum atomic E-state index is -0.927. The van der Waals surface area contributed by atoms with Crippen LogP contribution in [0.3, 0.4) is 0 Å². The van der Waals surface area contributed by atoms with Gasteiger partial charge in [0, 0.05) is 6.54 Å². The number of carbonyl (C=O) groups is 3. The van der Waals surface area contributed by atoms with E-state index in [-0.39, 0.29) is 12.5 Å². The van der Waals surface area contributed by atoms with E-state index in [2.05, 4.69) is 5.32 Å². The maximum atomic E-state index is 12.0. The highest BCUT2D eigenvalue weighted by molar-refractivity contribution is 6.20. The quantitative estimate of drug-likeness (QED) is 0.555. The van der Waals surface area contributed by atoms with Gasteiger partial charge < -0.3 is 0 Å². The van der Waals surface area contributed by atoms with Gasteiger partial charge in [-0.05, 0) is 26.7 Å². The second-order valence-corrected chi connectivity index (χ2v) is 4.54. The maximum Gasteiger partial charge on any atom is 0.331 e. The van der Waals surface area contributed by atoms with Crippen LogP contribution in [0, 0.1) is 5.41 Å². The minimum Gasteiger partial charge on any atom is -0.277 e. The molecule has 0 bridgehead atoms. The minimum absolute atomic E-state index is 0.238. The van der Waals surface area contributed by atoms with Crippen LogP contribution in [0.2, 0.25) is 0 Å². The first kappa shape index (κ1) is 10.9. The summed E-state index contributed by atoms with van der Waals surface area (Å²) < 4.78 is 0. The normalized spacial score (nSPS) is 22.1. The first-order chi connectivity index (χ1) is 7.47. The average Bonchev–Trinajstić information content (AvgIpc) is 2.95. The van der Waals surface area contributed by atoms with Crippen molar-refractivity contribution in [2.75, 3.05) is 6.54 Å². The van der Waals surface area contributed by atoms with Crippen molar-refractivity contribution in [2.45, 2.75) is 26.7 Å². The molecule has 1 N–H and O–H groups in total. The Labute approximate surface area is 93.5 Å². The van der Waals surface area contributed by atoms with Crippen molar-refractivity contribution in [3.63, 3.8) is 0 Å². The summed E-state index contributed by atoms with van der Waals surface area (Å²) in [5.41, 5.74) is 0.103. The van der Waals surface area contributed by atoms with Gasteiger partial charge in [-0.1, -0.05) is 11.6 Å². The predicted octanol–water partition coefficient (Wildman–Crippen LogP) is 0.811. The fourth-order valence-corrected chi connectivity index (χ4v) is 1.74.